The van der Waals surface area contributed by atoms with Crippen LogP contribution in [0.4, 0.5) is 0 Å². The Balaban J connectivity index is -0.0000000160. The van der Waals surface area contributed by atoms with Gasteiger partial charge in [-0.05, 0) is 0 Å². The van der Waals surface area contributed by atoms with Gasteiger partial charge in [-0.2, -0.15) is 10.5 Å². The van der Waals surface area contributed by atoms with Crippen molar-refractivity contribution in [1.29, 1.82) is 10.5 Å². The van der Waals surface area contributed by atoms with Crippen LogP contribution in [-0.2, 0) is 22.4 Å². The van der Waals surface area contributed by atoms with Crippen molar-refractivity contribution in [3.63, 3.8) is 0 Å². The van der Waals surface area contributed by atoms with E-state index in [0.29, 0.717) is 0 Å². The summed E-state index contributed by atoms with van der Waals surface area (Å²) in [6, 6.07) is 0. The fraction of sp³-hybridized carbons (Fsp3) is 0. The molecule has 0 spiro atoms. The molecule has 6 heteroatoms. The van der Waals surface area contributed by atoms with E-state index in [1.165, 1.54) is 10.8 Å². The summed E-state index contributed by atoms with van der Waals surface area (Å²) in [6.07, 6.45) is 0. The van der Waals surface area contributed by atoms with Gasteiger partial charge in [0.25, 0.3) is 0 Å². The molecular formula is C2H3AuKN2S2. The second-order valence-electron chi connectivity index (χ2n) is 0.200. The summed E-state index contributed by atoms with van der Waals surface area (Å²) in [5.41, 5.74) is 0. The number of rotatable bonds is 0. The molecule has 2 nitrogen and oxygen atoms in total. The van der Waals surface area contributed by atoms with Gasteiger partial charge in [-0.3, -0.25) is 0 Å². The van der Waals surface area contributed by atoms with E-state index in [2.05, 4.69) is 25.3 Å². The number of nitrogens with zero attached hydrogens (tertiary/aromatic N) is 2. The monoisotopic (exact) mass is 355 g/mol. The molecule has 1 radical (unpaired) electrons. The SMILES string of the molecule is N#CS.N#CS.[Au].[KH]. The molecule has 0 aliphatic heterocycles. The van der Waals surface area contributed by atoms with Gasteiger partial charge in [-0.1, -0.05) is 25.3 Å². The molecule has 0 aromatic carbocycles. The molecule has 0 aromatic heterocycles. The fourth-order valence-electron chi connectivity index (χ4n) is 0. The molecule has 0 saturated heterocycles. The van der Waals surface area contributed by atoms with Crippen molar-refractivity contribution in [2.45, 2.75) is 0 Å². The average molecular weight is 355 g/mol. The molecule has 0 fully saturated rings. The van der Waals surface area contributed by atoms with E-state index < -0.39 is 0 Å². The number of hydrogen-bond acceptors (Lipinski definition) is 4. The van der Waals surface area contributed by atoms with Crippen molar-refractivity contribution in [2.24, 2.45) is 0 Å². The summed E-state index contributed by atoms with van der Waals surface area (Å²) in [5, 5.41) is 17.3. The normalized spacial score (nSPS) is 2.00. The molecule has 45 valence electrons. The van der Waals surface area contributed by atoms with Gasteiger partial charge in [-0.25, -0.2) is 0 Å². The van der Waals surface area contributed by atoms with Gasteiger partial charge >= 0.3 is 51.4 Å². The van der Waals surface area contributed by atoms with E-state index in [0.717, 1.165) is 0 Å². The Morgan fingerprint density at radius 2 is 1.00 bits per heavy atom. The van der Waals surface area contributed by atoms with Gasteiger partial charge in [0.05, 0.1) is 0 Å². The van der Waals surface area contributed by atoms with Crippen LogP contribution in [-0.4, -0.2) is 51.4 Å². The minimum absolute atomic E-state index is 0. The molecule has 0 N–H and O–H groups in total. The van der Waals surface area contributed by atoms with Crippen LogP contribution in [0.3, 0.4) is 0 Å². The standard InChI is InChI=1S/2CHNS.Au.K.H/c2*2-1-3;;;/h2*3H;;;. The molecule has 0 heterocycles. The molecule has 0 saturated carbocycles. The first-order valence-corrected chi connectivity index (χ1v) is 1.79. The zero-order valence-corrected chi connectivity index (χ0v) is 7.05. The molecule has 0 rings (SSSR count). The van der Waals surface area contributed by atoms with Crippen LogP contribution in [0.1, 0.15) is 0 Å². The quantitative estimate of drug-likeness (QED) is 0.369. The molecule has 0 aromatic rings. The van der Waals surface area contributed by atoms with Crippen LogP contribution in [0.25, 0.3) is 0 Å². The summed E-state index contributed by atoms with van der Waals surface area (Å²) < 4.78 is 0. The average Bonchev–Trinajstić information content (AvgIpc) is 1.39. The summed E-state index contributed by atoms with van der Waals surface area (Å²) in [5.74, 6) is 0. The van der Waals surface area contributed by atoms with Crippen LogP contribution in [0, 0.1) is 21.3 Å². The fourth-order valence-corrected chi connectivity index (χ4v) is 0. The van der Waals surface area contributed by atoms with Crippen LogP contribution in [0.5, 0.6) is 0 Å². The maximum atomic E-state index is 7.18. The molecule has 8 heavy (non-hydrogen) atoms. The third-order valence-corrected chi connectivity index (χ3v) is 0. The molecule has 0 aliphatic carbocycles. The number of thiol groups is 2. The van der Waals surface area contributed by atoms with E-state index in [-0.39, 0.29) is 73.8 Å². The van der Waals surface area contributed by atoms with Crippen molar-refractivity contribution in [1.82, 2.24) is 0 Å². The van der Waals surface area contributed by atoms with Gasteiger partial charge in [0, 0.05) is 22.4 Å². The Labute approximate surface area is 118 Å². The Hall–Kier alpha value is 2.06. The second-order valence-corrected chi connectivity index (χ2v) is 0.600. The molecular weight excluding hydrogens is 352 g/mol. The van der Waals surface area contributed by atoms with E-state index in [4.69, 9.17) is 10.5 Å². The van der Waals surface area contributed by atoms with Crippen molar-refractivity contribution in [2.75, 3.05) is 0 Å². The summed E-state index contributed by atoms with van der Waals surface area (Å²) in [6.45, 7) is 0. The zero-order valence-electron chi connectivity index (χ0n) is 3.09. The summed E-state index contributed by atoms with van der Waals surface area (Å²) in [7, 11) is 0. The summed E-state index contributed by atoms with van der Waals surface area (Å²) in [4.78, 5) is 0. The molecule has 0 aliphatic rings. The molecule has 0 amide bonds. The topological polar surface area (TPSA) is 47.6 Å². The van der Waals surface area contributed by atoms with E-state index >= 15 is 0 Å². The molecule has 0 bridgehead atoms. The van der Waals surface area contributed by atoms with Gasteiger partial charge in [0.15, 0.2) is 0 Å². The first-order chi connectivity index (χ1) is 2.83. The van der Waals surface area contributed by atoms with Gasteiger partial charge in [0.1, 0.15) is 10.8 Å². The number of thiocyanates is 2. The van der Waals surface area contributed by atoms with Crippen LogP contribution >= 0.6 is 25.3 Å². The van der Waals surface area contributed by atoms with Crippen LogP contribution in [0.2, 0.25) is 0 Å². The Bertz CT molecular complexity index is 73.0. The Morgan fingerprint density at radius 1 is 1.00 bits per heavy atom. The zero-order chi connectivity index (χ0) is 5.41. The van der Waals surface area contributed by atoms with Crippen molar-refractivity contribution in [3.05, 3.63) is 0 Å². The van der Waals surface area contributed by atoms with Gasteiger partial charge < -0.3 is 0 Å². The van der Waals surface area contributed by atoms with Crippen molar-refractivity contribution in [3.8, 4) is 10.8 Å². The maximum absolute atomic E-state index is 7.18. The van der Waals surface area contributed by atoms with Crippen LogP contribution in [0.15, 0.2) is 0 Å². The predicted octanol–water partition coefficient (Wildman–Crippen LogP) is 0.144. The van der Waals surface area contributed by atoms with Crippen molar-refractivity contribution >= 4 is 76.6 Å². The Morgan fingerprint density at radius 3 is 1.00 bits per heavy atom. The van der Waals surface area contributed by atoms with E-state index in [1.54, 1.807) is 0 Å². The Kier molecular flexibility index (Phi) is 100. The second kappa shape index (κ2) is 35.7. The summed E-state index contributed by atoms with van der Waals surface area (Å²) >= 11 is 6.19. The minimum atomic E-state index is 0. The molecule has 0 atom stereocenters. The van der Waals surface area contributed by atoms with Gasteiger partial charge in [-0.15, -0.1) is 0 Å². The van der Waals surface area contributed by atoms with Crippen molar-refractivity contribution < 1.29 is 22.4 Å². The van der Waals surface area contributed by atoms with Gasteiger partial charge in [0.2, 0.25) is 0 Å². The number of hydrogen-bond donors (Lipinski definition) is 2. The third-order valence-electron chi connectivity index (χ3n) is 0. The number of nitriles is 2. The third kappa shape index (κ3) is 94.9. The molecule has 0 unspecified atom stereocenters. The van der Waals surface area contributed by atoms with E-state index in [9.17, 15) is 0 Å². The predicted molar refractivity (Wildman–Crippen MR) is 36.3 cm³/mol. The van der Waals surface area contributed by atoms with E-state index in [1.807, 2.05) is 0 Å². The first kappa shape index (κ1) is 22.5. The first-order valence-electron chi connectivity index (χ1n) is 0.894. The van der Waals surface area contributed by atoms with Crippen LogP contribution < -0.4 is 0 Å².